The average molecular weight is 333 g/mol. The summed E-state index contributed by atoms with van der Waals surface area (Å²) in [5, 5.41) is 3.28. The topological polar surface area (TPSA) is 75.3 Å². The highest BCUT2D eigenvalue weighted by molar-refractivity contribution is 7.99. The zero-order valence-corrected chi connectivity index (χ0v) is 12.8. The first-order valence-electron chi connectivity index (χ1n) is 5.74. The van der Waals surface area contributed by atoms with Gasteiger partial charge in [-0.2, -0.15) is 16.5 Å². The molecule has 0 radical (unpaired) electrons. The van der Waals surface area contributed by atoms with E-state index in [2.05, 4.69) is 16.6 Å². The third-order valence-electron chi connectivity index (χ3n) is 2.66. The molecule has 0 fully saturated rings. The van der Waals surface area contributed by atoms with Crippen molar-refractivity contribution in [2.75, 3.05) is 16.8 Å². The van der Waals surface area contributed by atoms with Gasteiger partial charge in [0.1, 0.15) is 4.90 Å². The average Bonchev–Trinajstić information content (AvgIpc) is 2.37. The number of carbonyl (C=O) groups is 1. The molecule has 1 aromatic carbocycles. The van der Waals surface area contributed by atoms with Crippen molar-refractivity contribution in [2.24, 2.45) is 0 Å². The summed E-state index contributed by atoms with van der Waals surface area (Å²) >= 11 is 7.47. The zero-order chi connectivity index (χ0) is 14.8. The van der Waals surface area contributed by atoms with Gasteiger partial charge in [-0.1, -0.05) is 17.7 Å². The van der Waals surface area contributed by atoms with Gasteiger partial charge >= 0.3 is 0 Å². The minimum atomic E-state index is -3.65. The van der Waals surface area contributed by atoms with E-state index in [0.717, 1.165) is 5.75 Å². The first-order valence-corrected chi connectivity index (χ1v) is 8.75. The van der Waals surface area contributed by atoms with Crippen LogP contribution in [-0.4, -0.2) is 32.4 Å². The highest BCUT2D eigenvalue weighted by Gasteiger charge is 2.30. The lowest BCUT2D eigenvalue weighted by atomic mass is 10.2. The van der Waals surface area contributed by atoms with Gasteiger partial charge in [0.05, 0.1) is 16.9 Å². The summed E-state index contributed by atoms with van der Waals surface area (Å²) in [7, 11) is -3.65. The molecule has 0 aromatic heterocycles. The Bertz CT molecular complexity index is 646. The van der Waals surface area contributed by atoms with Crippen molar-refractivity contribution < 1.29 is 13.2 Å². The zero-order valence-electron chi connectivity index (χ0n) is 10.4. The molecule has 108 valence electrons. The Morgan fingerprint density at radius 1 is 1.45 bits per heavy atom. The van der Waals surface area contributed by atoms with Crippen LogP contribution in [0.1, 0.15) is 10.4 Å². The maximum atomic E-state index is 12.2. The molecule has 1 aliphatic heterocycles. The lowest BCUT2D eigenvalue weighted by Crippen LogP contribution is -2.46. The molecule has 8 heteroatoms. The lowest BCUT2D eigenvalue weighted by molar-refractivity contribution is 0.112. The second kappa shape index (κ2) is 6.17. The fraction of sp³-hybridized carbons (Fsp3) is 0.250. The summed E-state index contributed by atoms with van der Waals surface area (Å²) in [6.45, 7) is 3.61. The number of benzene rings is 1. The minimum Gasteiger partial charge on any atom is -0.367 e. The van der Waals surface area contributed by atoms with Crippen molar-refractivity contribution in [1.29, 1.82) is 0 Å². The Labute approximate surface area is 126 Å². The van der Waals surface area contributed by atoms with Gasteiger partial charge < -0.3 is 5.32 Å². The van der Waals surface area contributed by atoms with Crippen LogP contribution < -0.4 is 10.0 Å². The van der Waals surface area contributed by atoms with Crippen molar-refractivity contribution in [3.63, 3.8) is 0 Å². The van der Waals surface area contributed by atoms with Gasteiger partial charge in [-0.05, 0) is 12.1 Å². The third-order valence-corrected chi connectivity index (χ3v) is 5.54. The Hall–Kier alpha value is -1.02. The first kappa shape index (κ1) is 15.4. The molecule has 2 N–H and O–H groups in total. The molecular weight excluding hydrogens is 320 g/mol. The number of nitrogens with one attached hydrogen (secondary N) is 2. The summed E-state index contributed by atoms with van der Waals surface area (Å²) in [6.07, 6.45) is 1.86. The van der Waals surface area contributed by atoms with Crippen molar-refractivity contribution in [1.82, 2.24) is 4.72 Å². The van der Waals surface area contributed by atoms with Gasteiger partial charge in [0.15, 0.2) is 6.29 Å². The number of sulfonamides is 1. The van der Waals surface area contributed by atoms with Crippen LogP contribution in [0.15, 0.2) is 29.7 Å². The molecule has 0 bridgehead atoms. The Balaban J connectivity index is 2.32. The van der Waals surface area contributed by atoms with Gasteiger partial charge in [0.25, 0.3) is 0 Å². The van der Waals surface area contributed by atoms with Crippen LogP contribution in [0.4, 0.5) is 5.69 Å². The van der Waals surface area contributed by atoms with Gasteiger partial charge in [0.2, 0.25) is 10.0 Å². The molecule has 5 nitrogen and oxygen atoms in total. The standard InChI is InChI=1S/C12H13ClN2O3S2/c1-2-3-19-7-12-14-10-5-9(13)8(6-16)4-11(10)20(17,18)15-12/h2,4-6,12,14-15H,1,3,7H2. The number of hydrogen-bond acceptors (Lipinski definition) is 5. The molecule has 0 saturated carbocycles. The summed E-state index contributed by atoms with van der Waals surface area (Å²) in [5.74, 6) is 1.29. The predicted octanol–water partition coefficient (Wildman–Crippen LogP) is 2.10. The number of thioether (sulfide) groups is 1. The van der Waals surface area contributed by atoms with Crippen LogP contribution in [0.25, 0.3) is 0 Å². The second-order valence-electron chi connectivity index (χ2n) is 4.13. The van der Waals surface area contributed by atoms with Crippen LogP contribution in [0.5, 0.6) is 0 Å². The lowest BCUT2D eigenvalue weighted by Gasteiger charge is -2.28. The maximum absolute atomic E-state index is 12.2. The SMILES string of the molecule is C=CCSCC1Nc2cc(Cl)c(C=O)cc2S(=O)(=O)N1. The van der Waals surface area contributed by atoms with Gasteiger partial charge in [-0.3, -0.25) is 4.79 Å². The molecular formula is C12H13ClN2O3S2. The van der Waals surface area contributed by atoms with E-state index in [9.17, 15) is 13.2 Å². The second-order valence-corrected chi connectivity index (χ2v) is 7.30. The largest absolute Gasteiger partial charge is 0.367 e. The van der Waals surface area contributed by atoms with Crippen LogP contribution in [0, 0.1) is 0 Å². The van der Waals surface area contributed by atoms with E-state index in [1.54, 1.807) is 17.8 Å². The molecule has 1 aromatic rings. The number of anilines is 1. The van der Waals surface area contributed by atoms with Crippen LogP contribution in [-0.2, 0) is 10.0 Å². The summed E-state index contributed by atoms with van der Waals surface area (Å²) < 4.78 is 26.8. The van der Waals surface area contributed by atoms with Crippen LogP contribution in [0.2, 0.25) is 5.02 Å². The van der Waals surface area contributed by atoms with Gasteiger partial charge in [-0.25, -0.2) is 8.42 Å². The van der Waals surface area contributed by atoms with Crippen molar-refractivity contribution in [3.8, 4) is 0 Å². The summed E-state index contributed by atoms with van der Waals surface area (Å²) in [4.78, 5) is 10.9. The smallest absolute Gasteiger partial charge is 0.244 e. The summed E-state index contributed by atoms with van der Waals surface area (Å²) in [5.41, 5.74) is 0.556. The number of rotatable bonds is 5. The molecule has 0 spiro atoms. The van der Waals surface area contributed by atoms with E-state index in [-0.39, 0.29) is 15.5 Å². The van der Waals surface area contributed by atoms with Crippen molar-refractivity contribution in [2.45, 2.75) is 11.1 Å². The van der Waals surface area contributed by atoms with Gasteiger partial charge in [0, 0.05) is 17.1 Å². The predicted molar refractivity (Wildman–Crippen MR) is 82.1 cm³/mol. The molecule has 20 heavy (non-hydrogen) atoms. The van der Waals surface area contributed by atoms with Crippen LogP contribution >= 0.6 is 23.4 Å². The number of fused-ring (bicyclic) bond motifs is 1. The molecule has 1 atom stereocenters. The third kappa shape index (κ3) is 3.17. The van der Waals surface area contributed by atoms with E-state index in [1.807, 2.05) is 0 Å². The van der Waals surface area contributed by atoms with Crippen molar-refractivity contribution in [3.05, 3.63) is 35.4 Å². The van der Waals surface area contributed by atoms with E-state index in [0.29, 0.717) is 17.7 Å². The minimum absolute atomic E-state index is 0.0361. The molecule has 1 unspecified atom stereocenters. The normalized spacial score (nSPS) is 19.8. The van der Waals surface area contributed by atoms with E-state index >= 15 is 0 Å². The van der Waals surface area contributed by atoms with E-state index < -0.39 is 16.2 Å². The molecule has 1 heterocycles. The maximum Gasteiger partial charge on any atom is 0.244 e. The highest BCUT2D eigenvalue weighted by atomic mass is 35.5. The highest BCUT2D eigenvalue weighted by Crippen LogP contribution is 2.31. The molecule has 2 rings (SSSR count). The molecule has 0 amide bonds. The number of carbonyl (C=O) groups excluding carboxylic acids is 1. The molecule has 1 aliphatic rings. The monoisotopic (exact) mass is 332 g/mol. The molecule has 0 aliphatic carbocycles. The van der Waals surface area contributed by atoms with Gasteiger partial charge in [-0.15, -0.1) is 6.58 Å². The number of hydrogen-bond donors (Lipinski definition) is 2. The Morgan fingerprint density at radius 2 is 2.20 bits per heavy atom. The van der Waals surface area contributed by atoms with E-state index in [1.165, 1.54) is 12.1 Å². The number of halogens is 1. The summed E-state index contributed by atoms with van der Waals surface area (Å²) in [6, 6.07) is 2.73. The van der Waals surface area contributed by atoms with Crippen molar-refractivity contribution >= 4 is 45.4 Å². The molecule has 0 saturated heterocycles. The quantitative estimate of drug-likeness (QED) is 0.490. The van der Waals surface area contributed by atoms with Crippen LogP contribution in [0.3, 0.4) is 0 Å². The fourth-order valence-corrected chi connectivity index (χ4v) is 4.16. The fourth-order valence-electron chi connectivity index (χ4n) is 1.81. The van der Waals surface area contributed by atoms with E-state index in [4.69, 9.17) is 11.6 Å². The Morgan fingerprint density at radius 3 is 2.85 bits per heavy atom. The Kier molecular flexibility index (Phi) is 4.74. The first-order chi connectivity index (χ1) is 9.47. The number of aldehydes is 1.